The first-order chi connectivity index (χ1) is 16.8. The number of nitrogens with zero attached hydrogens (tertiary/aromatic N) is 2. The molecule has 2 N–H and O–H groups in total. The van der Waals surface area contributed by atoms with Crippen molar-refractivity contribution in [3.05, 3.63) is 23.8 Å². The average Bonchev–Trinajstić information content (AvgIpc) is 3.36. The van der Waals surface area contributed by atoms with E-state index in [1.54, 1.807) is 37.3 Å². The third-order valence-electron chi connectivity index (χ3n) is 7.33. The SMILES string of the molecule is CCCNC(=O)Nc1ccc2c(c1)C(=O)N(C)C[C@H](OC)[C@@H](C)CN(CC1CCCC1)[C@H](C)CO2. The van der Waals surface area contributed by atoms with E-state index in [0.29, 0.717) is 36.7 Å². The number of fused-ring (bicyclic) bond motifs is 1. The first kappa shape index (κ1) is 27.3. The van der Waals surface area contributed by atoms with Crippen LogP contribution in [-0.2, 0) is 4.74 Å². The topological polar surface area (TPSA) is 83.1 Å². The maximum absolute atomic E-state index is 13.5. The monoisotopic (exact) mass is 488 g/mol. The van der Waals surface area contributed by atoms with Crippen molar-refractivity contribution in [3.8, 4) is 5.75 Å². The Morgan fingerprint density at radius 3 is 2.63 bits per heavy atom. The summed E-state index contributed by atoms with van der Waals surface area (Å²) in [6.45, 7) is 9.95. The van der Waals surface area contributed by atoms with Crippen LogP contribution in [0.2, 0.25) is 0 Å². The Morgan fingerprint density at radius 1 is 1.20 bits per heavy atom. The van der Waals surface area contributed by atoms with Crippen LogP contribution in [0.25, 0.3) is 0 Å². The Balaban J connectivity index is 1.86. The summed E-state index contributed by atoms with van der Waals surface area (Å²) in [6, 6.07) is 5.19. The molecule has 1 aromatic carbocycles. The molecule has 1 aliphatic heterocycles. The minimum atomic E-state index is -0.286. The van der Waals surface area contributed by atoms with Crippen molar-refractivity contribution in [1.82, 2.24) is 15.1 Å². The predicted octanol–water partition coefficient (Wildman–Crippen LogP) is 4.21. The van der Waals surface area contributed by atoms with Gasteiger partial charge < -0.3 is 25.0 Å². The van der Waals surface area contributed by atoms with E-state index in [4.69, 9.17) is 9.47 Å². The molecule has 3 rings (SSSR count). The fraction of sp³-hybridized carbons (Fsp3) is 0.704. The Morgan fingerprint density at radius 2 is 1.94 bits per heavy atom. The summed E-state index contributed by atoms with van der Waals surface area (Å²) < 4.78 is 12.1. The zero-order chi connectivity index (χ0) is 25.4. The lowest BCUT2D eigenvalue weighted by Gasteiger charge is -2.37. The fourth-order valence-electron chi connectivity index (χ4n) is 5.12. The molecule has 3 amide bonds. The quantitative estimate of drug-likeness (QED) is 0.627. The highest BCUT2D eigenvalue weighted by atomic mass is 16.5. The average molecular weight is 489 g/mol. The van der Waals surface area contributed by atoms with Crippen LogP contribution in [0.1, 0.15) is 63.2 Å². The number of nitrogens with one attached hydrogen (secondary N) is 2. The van der Waals surface area contributed by atoms with E-state index < -0.39 is 0 Å². The van der Waals surface area contributed by atoms with E-state index in [1.807, 2.05) is 6.92 Å². The third kappa shape index (κ3) is 7.58. The lowest BCUT2D eigenvalue weighted by atomic mass is 9.99. The number of hydrogen-bond donors (Lipinski definition) is 2. The molecule has 0 radical (unpaired) electrons. The second-order valence-corrected chi connectivity index (χ2v) is 10.3. The van der Waals surface area contributed by atoms with Gasteiger partial charge >= 0.3 is 6.03 Å². The number of likely N-dealkylation sites (N-methyl/N-ethyl adjacent to an activating group) is 1. The molecule has 1 aromatic rings. The van der Waals surface area contributed by atoms with Crippen LogP contribution in [0, 0.1) is 11.8 Å². The van der Waals surface area contributed by atoms with Gasteiger partial charge in [0.05, 0.1) is 11.7 Å². The van der Waals surface area contributed by atoms with E-state index in [2.05, 4.69) is 29.4 Å². The molecule has 1 fully saturated rings. The standard InChI is InChI=1S/C27H44N4O4/c1-6-13-28-27(33)29-22-11-12-24-23(14-22)26(32)30(4)17-25(34-5)19(2)15-31(20(3)18-35-24)16-21-9-7-8-10-21/h11-12,14,19-21,25H,6-10,13,15-18H2,1-5H3,(H2,28,29,33)/t19-,20+,25-/m0/s1. The molecule has 1 saturated carbocycles. The minimum absolute atomic E-state index is 0.0767. The molecular weight excluding hydrogens is 444 g/mol. The maximum Gasteiger partial charge on any atom is 0.319 e. The molecule has 2 aliphatic rings. The number of benzene rings is 1. The molecule has 8 nitrogen and oxygen atoms in total. The lowest BCUT2D eigenvalue weighted by molar-refractivity contribution is 0.00814. The minimum Gasteiger partial charge on any atom is -0.491 e. The molecule has 0 saturated heterocycles. The first-order valence-corrected chi connectivity index (χ1v) is 13.2. The van der Waals surface area contributed by atoms with Crippen molar-refractivity contribution in [1.29, 1.82) is 0 Å². The summed E-state index contributed by atoms with van der Waals surface area (Å²) in [5.74, 6) is 1.38. The van der Waals surface area contributed by atoms with Crippen LogP contribution < -0.4 is 15.4 Å². The molecule has 0 unspecified atom stereocenters. The van der Waals surface area contributed by atoms with Crippen LogP contribution >= 0.6 is 0 Å². The van der Waals surface area contributed by atoms with Gasteiger partial charge in [0, 0.05) is 52.1 Å². The Bertz CT molecular complexity index is 842. The van der Waals surface area contributed by atoms with Crippen LogP contribution in [-0.4, -0.2) is 80.8 Å². The molecule has 1 heterocycles. The molecule has 196 valence electrons. The zero-order valence-electron chi connectivity index (χ0n) is 22.1. The largest absolute Gasteiger partial charge is 0.491 e. The number of methoxy groups -OCH3 is 1. The van der Waals surface area contributed by atoms with Gasteiger partial charge in [-0.25, -0.2) is 4.79 Å². The number of urea groups is 1. The van der Waals surface area contributed by atoms with Gasteiger partial charge in [0.15, 0.2) is 0 Å². The Hall–Kier alpha value is -2.32. The van der Waals surface area contributed by atoms with E-state index in [9.17, 15) is 9.59 Å². The maximum atomic E-state index is 13.5. The second-order valence-electron chi connectivity index (χ2n) is 10.3. The summed E-state index contributed by atoms with van der Waals surface area (Å²) in [5, 5.41) is 5.62. The van der Waals surface area contributed by atoms with Crippen molar-refractivity contribution in [2.75, 3.05) is 52.3 Å². The summed E-state index contributed by atoms with van der Waals surface area (Å²) in [4.78, 5) is 29.9. The number of rotatable bonds is 6. The summed E-state index contributed by atoms with van der Waals surface area (Å²) >= 11 is 0. The zero-order valence-corrected chi connectivity index (χ0v) is 22.1. The normalized spacial score (nSPS) is 24.8. The molecule has 1 aliphatic carbocycles. The highest BCUT2D eigenvalue weighted by Crippen LogP contribution is 2.29. The lowest BCUT2D eigenvalue weighted by Crippen LogP contribution is -2.47. The molecular formula is C27H44N4O4. The number of carbonyl (C=O) groups is 2. The summed E-state index contributed by atoms with van der Waals surface area (Å²) in [7, 11) is 3.52. The van der Waals surface area contributed by atoms with Gasteiger partial charge in [-0.15, -0.1) is 0 Å². The van der Waals surface area contributed by atoms with Gasteiger partial charge in [-0.2, -0.15) is 0 Å². The Labute approximate surface area is 210 Å². The van der Waals surface area contributed by atoms with Gasteiger partial charge in [0.2, 0.25) is 0 Å². The van der Waals surface area contributed by atoms with Crippen LogP contribution in [0.3, 0.4) is 0 Å². The van der Waals surface area contributed by atoms with E-state index in [1.165, 1.54) is 25.7 Å². The van der Waals surface area contributed by atoms with Crippen molar-refractivity contribution >= 4 is 17.6 Å². The van der Waals surface area contributed by atoms with Crippen molar-refractivity contribution < 1.29 is 19.1 Å². The van der Waals surface area contributed by atoms with Crippen molar-refractivity contribution in [2.45, 2.75) is 65.0 Å². The van der Waals surface area contributed by atoms with E-state index in [0.717, 1.165) is 25.4 Å². The van der Waals surface area contributed by atoms with Gasteiger partial charge in [0.1, 0.15) is 12.4 Å². The van der Waals surface area contributed by atoms with Crippen LogP contribution in [0.15, 0.2) is 18.2 Å². The number of hydrogen-bond acceptors (Lipinski definition) is 5. The van der Waals surface area contributed by atoms with Crippen LogP contribution in [0.5, 0.6) is 5.75 Å². The first-order valence-electron chi connectivity index (χ1n) is 13.2. The number of amides is 3. The van der Waals surface area contributed by atoms with Gasteiger partial charge in [-0.05, 0) is 56.2 Å². The molecule has 0 bridgehead atoms. The summed E-state index contributed by atoms with van der Waals surface area (Å²) in [5.41, 5.74) is 1.00. The van der Waals surface area contributed by atoms with Crippen molar-refractivity contribution in [2.24, 2.45) is 11.8 Å². The third-order valence-corrected chi connectivity index (χ3v) is 7.33. The summed E-state index contributed by atoms with van der Waals surface area (Å²) in [6.07, 6.45) is 6.03. The van der Waals surface area contributed by atoms with E-state index in [-0.39, 0.29) is 30.0 Å². The van der Waals surface area contributed by atoms with Crippen molar-refractivity contribution in [3.63, 3.8) is 0 Å². The molecule has 3 atom stereocenters. The molecule has 8 heteroatoms. The molecule has 0 spiro atoms. The molecule has 0 aromatic heterocycles. The number of carbonyl (C=O) groups excluding carboxylic acids is 2. The Kier molecular flexibility index (Phi) is 10.2. The van der Waals surface area contributed by atoms with Gasteiger partial charge in [-0.3, -0.25) is 9.69 Å². The number of anilines is 1. The van der Waals surface area contributed by atoms with Crippen LogP contribution in [0.4, 0.5) is 10.5 Å². The highest BCUT2D eigenvalue weighted by Gasteiger charge is 2.30. The smallest absolute Gasteiger partial charge is 0.319 e. The molecule has 35 heavy (non-hydrogen) atoms. The van der Waals surface area contributed by atoms with Gasteiger partial charge in [-0.1, -0.05) is 26.7 Å². The predicted molar refractivity (Wildman–Crippen MR) is 139 cm³/mol. The second kappa shape index (κ2) is 13.1. The van der Waals surface area contributed by atoms with Gasteiger partial charge in [0.25, 0.3) is 5.91 Å². The number of ether oxygens (including phenoxy) is 2. The van der Waals surface area contributed by atoms with E-state index >= 15 is 0 Å². The highest BCUT2D eigenvalue weighted by molar-refractivity contribution is 5.99. The fourth-order valence-corrected chi connectivity index (χ4v) is 5.12.